The largest absolute Gasteiger partial charge is 0.480 e. The minimum atomic E-state index is -1.22. The molecule has 0 amide bonds. The maximum Gasteiger partial charge on any atom is 0.320 e. The molecule has 1 aromatic rings. The Kier molecular flexibility index (Phi) is 3.90. The van der Waals surface area contributed by atoms with Crippen molar-refractivity contribution in [3.8, 4) is 0 Å². The summed E-state index contributed by atoms with van der Waals surface area (Å²) in [4.78, 5) is 10.5. The molecule has 0 aliphatic heterocycles. The van der Waals surface area contributed by atoms with Gasteiger partial charge in [0.1, 0.15) is 11.9 Å². The van der Waals surface area contributed by atoms with Crippen LogP contribution in [0.5, 0.6) is 0 Å². The van der Waals surface area contributed by atoms with E-state index in [9.17, 15) is 9.18 Å². The lowest BCUT2D eigenvalue weighted by Crippen LogP contribution is -2.32. The summed E-state index contributed by atoms with van der Waals surface area (Å²) in [6.45, 7) is 0. The third kappa shape index (κ3) is 2.81. The van der Waals surface area contributed by atoms with Crippen molar-refractivity contribution in [1.29, 1.82) is 0 Å². The van der Waals surface area contributed by atoms with E-state index in [4.69, 9.17) is 34.0 Å². The zero-order valence-corrected chi connectivity index (χ0v) is 9.02. The van der Waals surface area contributed by atoms with Crippen LogP contribution in [0.3, 0.4) is 0 Å². The van der Waals surface area contributed by atoms with Crippen molar-refractivity contribution in [3.63, 3.8) is 0 Å². The Labute approximate surface area is 95.6 Å². The number of nitrogens with two attached hydrogens (primary N) is 1. The van der Waals surface area contributed by atoms with Gasteiger partial charge in [-0.05, 0) is 12.1 Å². The molecule has 6 heteroatoms. The molecule has 0 saturated heterocycles. The molecule has 0 radical (unpaired) electrons. The summed E-state index contributed by atoms with van der Waals surface area (Å²) in [6, 6.07) is 1.50. The van der Waals surface area contributed by atoms with Gasteiger partial charge < -0.3 is 10.8 Å². The molecule has 0 unspecified atom stereocenters. The number of hydrogen-bond acceptors (Lipinski definition) is 2. The SMILES string of the molecule is N[C@H](Cc1c(Cl)ccc(Cl)c1F)C(=O)O. The Balaban J connectivity index is 3.03. The van der Waals surface area contributed by atoms with E-state index in [1.165, 1.54) is 12.1 Å². The van der Waals surface area contributed by atoms with Crippen molar-refractivity contribution in [1.82, 2.24) is 0 Å². The zero-order valence-electron chi connectivity index (χ0n) is 7.51. The van der Waals surface area contributed by atoms with Gasteiger partial charge in [0, 0.05) is 17.0 Å². The first-order valence-corrected chi connectivity index (χ1v) is 4.80. The minimum absolute atomic E-state index is 0.0269. The van der Waals surface area contributed by atoms with E-state index in [1.54, 1.807) is 0 Å². The number of carboxylic acids is 1. The quantitative estimate of drug-likeness (QED) is 0.809. The van der Waals surface area contributed by atoms with Crippen LogP contribution in [0, 0.1) is 5.82 Å². The maximum absolute atomic E-state index is 13.4. The standard InChI is InChI=1S/C9H8Cl2FNO2/c10-5-1-2-6(11)8(12)4(5)3-7(13)9(14)15/h1-2,7H,3,13H2,(H,14,15)/t7-/m1/s1. The highest BCUT2D eigenvalue weighted by atomic mass is 35.5. The first-order valence-electron chi connectivity index (χ1n) is 4.04. The Bertz CT molecular complexity index is 398. The van der Waals surface area contributed by atoms with E-state index in [0.29, 0.717) is 0 Å². The highest BCUT2D eigenvalue weighted by Crippen LogP contribution is 2.26. The molecule has 0 aromatic heterocycles. The molecular weight excluding hydrogens is 244 g/mol. The van der Waals surface area contributed by atoms with Gasteiger partial charge in [-0.3, -0.25) is 4.79 Å². The third-order valence-electron chi connectivity index (χ3n) is 1.88. The zero-order chi connectivity index (χ0) is 11.6. The van der Waals surface area contributed by atoms with Crippen molar-refractivity contribution in [2.45, 2.75) is 12.5 Å². The Morgan fingerprint density at radius 3 is 2.53 bits per heavy atom. The summed E-state index contributed by atoms with van der Waals surface area (Å²) in [5, 5.41) is 8.59. The predicted octanol–water partition coefficient (Wildman–Crippen LogP) is 2.09. The number of hydrogen-bond donors (Lipinski definition) is 2. The number of benzene rings is 1. The van der Waals surface area contributed by atoms with E-state index >= 15 is 0 Å². The first-order chi connectivity index (χ1) is 6.93. The van der Waals surface area contributed by atoms with Crippen LogP contribution in [0.4, 0.5) is 4.39 Å². The average Bonchev–Trinajstić information content (AvgIpc) is 2.18. The molecule has 0 bridgehead atoms. The molecule has 82 valence electrons. The molecule has 0 fully saturated rings. The van der Waals surface area contributed by atoms with Crippen LogP contribution in [0.2, 0.25) is 10.0 Å². The highest BCUT2D eigenvalue weighted by Gasteiger charge is 2.18. The lowest BCUT2D eigenvalue weighted by Gasteiger charge is -2.10. The summed E-state index contributed by atoms with van der Waals surface area (Å²) < 4.78 is 13.4. The van der Waals surface area contributed by atoms with Crippen molar-refractivity contribution in [3.05, 3.63) is 33.6 Å². The Morgan fingerprint density at radius 1 is 1.47 bits per heavy atom. The van der Waals surface area contributed by atoms with Gasteiger partial charge in [-0.15, -0.1) is 0 Å². The molecule has 3 nitrogen and oxygen atoms in total. The molecule has 0 saturated carbocycles. The van der Waals surface area contributed by atoms with Crippen LogP contribution in [-0.4, -0.2) is 17.1 Å². The maximum atomic E-state index is 13.4. The van der Waals surface area contributed by atoms with Crippen LogP contribution >= 0.6 is 23.2 Å². The first kappa shape index (κ1) is 12.2. The highest BCUT2D eigenvalue weighted by molar-refractivity contribution is 6.33. The van der Waals surface area contributed by atoms with E-state index in [0.717, 1.165) is 0 Å². The summed E-state index contributed by atoms with van der Waals surface area (Å²) in [5.41, 5.74) is 5.30. The van der Waals surface area contributed by atoms with Crippen LogP contribution in [0.25, 0.3) is 0 Å². The number of rotatable bonds is 3. The lowest BCUT2D eigenvalue weighted by atomic mass is 10.1. The van der Waals surface area contributed by atoms with Gasteiger partial charge in [0.2, 0.25) is 0 Å². The van der Waals surface area contributed by atoms with Gasteiger partial charge in [0.05, 0.1) is 5.02 Å². The molecule has 0 spiro atoms. The van der Waals surface area contributed by atoms with Crippen LogP contribution < -0.4 is 5.73 Å². The lowest BCUT2D eigenvalue weighted by molar-refractivity contribution is -0.138. The summed E-state index contributed by atoms with van der Waals surface area (Å²) in [6.07, 6.45) is -0.194. The molecule has 0 heterocycles. The topological polar surface area (TPSA) is 63.3 Å². The summed E-state index contributed by atoms with van der Waals surface area (Å²) >= 11 is 11.2. The van der Waals surface area contributed by atoms with E-state index in [1.807, 2.05) is 0 Å². The van der Waals surface area contributed by atoms with E-state index in [2.05, 4.69) is 0 Å². The van der Waals surface area contributed by atoms with Crippen LogP contribution in [0.15, 0.2) is 12.1 Å². The molecule has 1 rings (SSSR count). The molecular formula is C9H8Cl2FNO2. The number of aliphatic carboxylic acids is 1. The van der Waals surface area contributed by atoms with Gasteiger partial charge in [-0.1, -0.05) is 23.2 Å². The van der Waals surface area contributed by atoms with Gasteiger partial charge in [0.15, 0.2) is 0 Å². The normalized spacial score (nSPS) is 12.5. The summed E-state index contributed by atoms with van der Waals surface area (Å²) in [7, 11) is 0. The fourth-order valence-electron chi connectivity index (χ4n) is 1.06. The second-order valence-corrected chi connectivity index (χ2v) is 3.78. The Morgan fingerprint density at radius 2 is 2.00 bits per heavy atom. The van der Waals surface area contributed by atoms with Crippen molar-refractivity contribution >= 4 is 29.2 Å². The van der Waals surface area contributed by atoms with Crippen molar-refractivity contribution in [2.75, 3.05) is 0 Å². The molecule has 0 aliphatic carbocycles. The van der Waals surface area contributed by atoms with Gasteiger partial charge in [-0.2, -0.15) is 0 Å². The monoisotopic (exact) mass is 251 g/mol. The molecule has 1 atom stereocenters. The predicted molar refractivity (Wildman–Crippen MR) is 55.7 cm³/mol. The molecule has 1 aromatic carbocycles. The smallest absolute Gasteiger partial charge is 0.320 e. The number of carboxylic acid groups (broad SMARTS) is 1. The van der Waals surface area contributed by atoms with Crippen LogP contribution in [-0.2, 0) is 11.2 Å². The summed E-state index contributed by atoms with van der Waals surface area (Å²) in [5.74, 6) is -1.94. The van der Waals surface area contributed by atoms with E-state index in [-0.39, 0.29) is 22.0 Å². The van der Waals surface area contributed by atoms with E-state index < -0.39 is 17.8 Å². The average molecular weight is 252 g/mol. The van der Waals surface area contributed by atoms with Gasteiger partial charge >= 0.3 is 5.97 Å². The fraction of sp³-hybridized carbons (Fsp3) is 0.222. The van der Waals surface area contributed by atoms with Gasteiger partial charge in [-0.25, -0.2) is 4.39 Å². The second-order valence-electron chi connectivity index (χ2n) is 2.97. The minimum Gasteiger partial charge on any atom is -0.480 e. The van der Waals surface area contributed by atoms with Crippen LogP contribution in [0.1, 0.15) is 5.56 Å². The van der Waals surface area contributed by atoms with Crippen molar-refractivity contribution in [2.24, 2.45) is 5.73 Å². The number of carbonyl (C=O) groups is 1. The van der Waals surface area contributed by atoms with Crippen molar-refractivity contribution < 1.29 is 14.3 Å². The molecule has 15 heavy (non-hydrogen) atoms. The molecule has 3 N–H and O–H groups in total. The molecule has 0 aliphatic rings. The Hall–Kier alpha value is -0.840. The number of halogens is 3. The second kappa shape index (κ2) is 4.79. The van der Waals surface area contributed by atoms with Gasteiger partial charge in [0.25, 0.3) is 0 Å². The third-order valence-corrected chi connectivity index (χ3v) is 2.53. The fourth-order valence-corrected chi connectivity index (χ4v) is 1.46.